The van der Waals surface area contributed by atoms with Gasteiger partial charge < -0.3 is 15.5 Å². The summed E-state index contributed by atoms with van der Waals surface area (Å²) < 4.78 is 0. The van der Waals surface area contributed by atoms with Gasteiger partial charge >= 0.3 is 0 Å². The normalized spacial score (nSPS) is 11.4. The van der Waals surface area contributed by atoms with E-state index in [4.69, 9.17) is 0 Å². The van der Waals surface area contributed by atoms with Crippen molar-refractivity contribution in [3.63, 3.8) is 0 Å². The van der Waals surface area contributed by atoms with Crippen molar-refractivity contribution in [2.45, 2.75) is 33.6 Å². The number of halogens is 2. The Balaban J connectivity index is -0.00000128. The van der Waals surface area contributed by atoms with Gasteiger partial charge in [-0.25, -0.2) is 0 Å². The van der Waals surface area contributed by atoms with Crippen LogP contribution in [-0.4, -0.2) is 50.6 Å². The Morgan fingerprint density at radius 2 is 1.74 bits per heavy atom. The summed E-state index contributed by atoms with van der Waals surface area (Å²) in [5.41, 5.74) is 0. The fraction of sp³-hybridized carbons (Fsp3) is 0.923. The SMILES string of the molecule is CCN(CC)CCCCNC(=O)C(C)CNC.Cl.Cl. The second-order valence-corrected chi connectivity index (χ2v) is 4.48. The summed E-state index contributed by atoms with van der Waals surface area (Å²) in [7, 11) is 1.87. The van der Waals surface area contributed by atoms with Crippen molar-refractivity contribution >= 4 is 30.7 Å². The molecule has 19 heavy (non-hydrogen) atoms. The Hall–Kier alpha value is -0.0300. The first-order valence-electron chi connectivity index (χ1n) is 6.80. The zero-order valence-electron chi connectivity index (χ0n) is 12.7. The van der Waals surface area contributed by atoms with Gasteiger partial charge in [0.1, 0.15) is 0 Å². The van der Waals surface area contributed by atoms with E-state index in [-0.39, 0.29) is 36.6 Å². The number of hydrogen-bond donors (Lipinski definition) is 2. The fourth-order valence-electron chi connectivity index (χ4n) is 1.78. The van der Waals surface area contributed by atoms with Gasteiger partial charge in [-0.3, -0.25) is 4.79 Å². The average molecular weight is 316 g/mol. The van der Waals surface area contributed by atoms with E-state index >= 15 is 0 Å². The van der Waals surface area contributed by atoms with Crippen LogP contribution in [0.15, 0.2) is 0 Å². The lowest BCUT2D eigenvalue weighted by Gasteiger charge is -2.17. The topological polar surface area (TPSA) is 44.4 Å². The number of carbonyl (C=O) groups excluding carboxylic acids is 1. The Bertz CT molecular complexity index is 202. The highest BCUT2D eigenvalue weighted by Crippen LogP contribution is 1.96. The van der Waals surface area contributed by atoms with Crippen LogP contribution in [0.3, 0.4) is 0 Å². The predicted molar refractivity (Wildman–Crippen MR) is 87.6 cm³/mol. The third kappa shape index (κ3) is 12.7. The van der Waals surface area contributed by atoms with Crippen molar-refractivity contribution in [1.82, 2.24) is 15.5 Å². The van der Waals surface area contributed by atoms with Gasteiger partial charge in [-0.2, -0.15) is 0 Å². The number of nitrogens with one attached hydrogen (secondary N) is 2. The van der Waals surface area contributed by atoms with Crippen LogP contribution in [0.2, 0.25) is 0 Å². The molecule has 0 aliphatic carbocycles. The molecular formula is C13H31Cl2N3O. The number of unbranched alkanes of at least 4 members (excludes halogenated alkanes) is 1. The number of rotatable bonds is 10. The molecule has 118 valence electrons. The minimum Gasteiger partial charge on any atom is -0.356 e. The molecule has 0 fully saturated rings. The summed E-state index contributed by atoms with van der Waals surface area (Å²) in [5, 5.41) is 5.99. The molecule has 0 saturated heterocycles. The van der Waals surface area contributed by atoms with Crippen molar-refractivity contribution in [3.05, 3.63) is 0 Å². The first-order chi connectivity index (χ1) is 8.15. The molecule has 0 aromatic rings. The lowest BCUT2D eigenvalue weighted by atomic mass is 10.1. The maximum atomic E-state index is 11.6. The number of amides is 1. The fourth-order valence-corrected chi connectivity index (χ4v) is 1.78. The number of nitrogens with zero attached hydrogens (tertiary/aromatic N) is 1. The Morgan fingerprint density at radius 3 is 2.21 bits per heavy atom. The Labute approximate surface area is 130 Å². The molecule has 0 aliphatic rings. The molecule has 6 heteroatoms. The summed E-state index contributed by atoms with van der Waals surface area (Å²) in [6.07, 6.45) is 2.22. The molecule has 0 bridgehead atoms. The maximum absolute atomic E-state index is 11.6. The van der Waals surface area contributed by atoms with Crippen molar-refractivity contribution in [2.24, 2.45) is 5.92 Å². The second-order valence-electron chi connectivity index (χ2n) is 4.48. The van der Waals surface area contributed by atoms with Gasteiger partial charge in [0.15, 0.2) is 0 Å². The average Bonchev–Trinajstić information content (AvgIpc) is 2.33. The van der Waals surface area contributed by atoms with E-state index in [0.717, 1.165) is 45.6 Å². The van der Waals surface area contributed by atoms with Crippen LogP contribution in [-0.2, 0) is 4.79 Å². The van der Waals surface area contributed by atoms with E-state index in [9.17, 15) is 4.79 Å². The van der Waals surface area contributed by atoms with Gasteiger partial charge in [0.05, 0.1) is 0 Å². The molecule has 1 unspecified atom stereocenters. The Morgan fingerprint density at radius 1 is 1.16 bits per heavy atom. The standard InChI is InChI=1S/C13H29N3O.2ClH/c1-5-16(6-2)10-8-7-9-15-13(17)12(3)11-14-4;;/h12,14H,5-11H2,1-4H3,(H,15,17);2*1H. The highest BCUT2D eigenvalue weighted by Gasteiger charge is 2.10. The summed E-state index contributed by atoms with van der Waals surface area (Å²) in [5.74, 6) is 0.213. The highest BCUT2D eigenvalue weighted by atomic mass is 35.5. The minimum absolute atomic E-state index is 0. The van der Waals surface area contributed by atoms with Crippen LogP contribution in [0.1, 0.15) is 33.6 Å². The van der Waals surface area contributed by atoms with E-state index < -0.39 is 0 Å². The molecule has 1 amide bonds. The molecule has 0 radical (unpaired) electrons. The molecule has 1 atom stereocenters. The van der Waals surface area contributed by atoms with Crippen molar-refractivity contribution in [1.29, 1.82) is 0 Å². The van der Waals surface area contributed by atoms with Crippen LogP contribution >= 0.6 is 24.8 Å². The maximum Gasteiger partial charge on any atom is 0.224 e. The summed E-state index contributed by atoms with van der Waals surface area (Å²) in [6, 6.07) is 0. The van der Waals surface area contributed by atoms with Gasteiger partial charge in [0, 0.05) is 19.0 Å². The molecule has 0 saturated carbocycles. The van der Waals surface area contributed by atoms with Crippen LogP contribution < -0.4 is 10.6 Å². The van der Waals surface area contributed by atoms with E-state index in [1.165, 1.54) is 0 Å². The third-order valence-corrected chi connectivity index (χ3v) is 3.05. The second kappa shape index (κ2) is 16.0. The summed E-state index contributed by atoms with van der Waals surface area (Å²) >= 11 is 0. The summed E-state index contributed by atoms with van der Waals surface area (Å²) in [6.45, 7) is 11.2. The number of carbonyl (C=O) groups is 1. The van der Waals surface area contributed by atoms with Crippen LogP contribution in [0, 0.1) is 5.92 Å². The largest absolute Gasteiger partial charge is 0.356 e. The van der Waals surface area contributed by atoms with Crippen LogP contribution in [0.4, 0.5) is 0 Å². The van der Waals surface area contributed by atoms with Gasteiger partial charge in [0.2, 0.25) is 5.91 Å². The lowest BCUT2D eigenvalue weighted by Crippen LogP contribution is -2.35. The van der Waals surface area contributed by atoms with Crippen LogP contribution in [0.5, 0.6) is 0 Å². The molecule has 0 aromatic carbocycles. The lowest BCUT2D eigenvalue weighted by molar-refractivity contribution is -0.124. The predicted octanol–water partition coefficient (Wildman–Crippen LogP) is 1.92. The quantitative estimate of drug-likeness (QED) is 0.605. The van der Waals surface area contributed by atoms with E-state index in [0.29, 0.717) is 0 Å². The molecule has 2 N–H and O–H groups in total. The molecular weight excluding hydrogens is 285 g/mol. The monoisotopic (exact) mass is 315 g/mol. The zero-order valence-corrected chi connectivity index (χ0v) is 14.3. The van der Waals surface area contributed by atoms with Crippen molar-refractivity contribution in [3.8, 4) is 0 Å². The van der Waals surface area contributed by atoms with Crippen LogP contribution in [0.25, 0.3) is 0 Å². The van der Waals surface area contributed by atoms with E-state index in [1.54, 1.807) is 0 Å². The smallest absolute Gasteiger partial charge is 0.224 e. The zero-order chi connectivity index (χ0) is 13.1. The van der Waals surface area contributed by atoms with Gasteiger partial charge in [-0.15, -0.1) is 24.8 Å². The molecule has 4 nitrogen and oxygen atoms in total. The van der Waals surface area contributed by atoms with E-state index in [1.807, 2.05) is 14.0 Å². The summed E-state index contributed by atoms with van der Waals surface area (Å²) in [4.78, 5) is 14.0. The van der Waals surface area contributed by atoms with Gasteiger partial charge in [-0.1, -0.05) is 20.8 Å². The molecule has 0 heterocycles. The highest BCUT2D eigenvalue weighted by molar-refractivity contribution is 5.85. The minimum atomic E-state index is 0. The Kier molecular flexibility index (Phi) is 20.3. The van der Waals surface area contributed by atoms with Gasteiger partial charge in [-0.05, 0) is 39.5 Å². The molecule has 0 rings (SSSR count). The third-order valence-electron chi connectivity index (χ3n) is 3.05. The van der Waals surface area contributed by atoms with Gasteiger partial charge in [0.25, 0.3) is 0 Å². The van der Waals surface area contributed by atoms with Crippen molar-refractivity contribution < 1.29 is 4.79 Å². The first kappa shape index (κ1) is 24.0. The molecule has 0 aliphatic heterocycles. The van der Waals surface area contributed by atoms with E-state index in [2.05, 4.69) is 29.4 Å². The van der Waals surface area contributed by atoms with Crippen molar-refractivity contribution in [2.75, 3.05) is 39.8 Å². The molecule has 0 spiro atoms. The molecule has 0 aromatic heterocycles. The number of hydrogen-bond acceptors (Lipinski definition) is 3. The first-order valence-corrected chi connectivity index (χ1v) is 6.80.